The molecule has 102 valence electrons. The Morgan fingerprint density at radius 2 is 1.89 bits per heavy atom. The zero-order valence-electron chi connectivity index (χ0n) is 11.5. The fourth-order valence-electron chi connectivity index (χ4n) is 2.21. The van der Waals surface area contributed by atoms with Gasteiger partial charge in [0.15, 0.2) is 0 Å². The van der Waals surface area contributed by atoms with Gasteiger partial charge in [-0.2, -0.15) is 5.10 Å². The first-order valence-electron chi connectivity index (χ1n) is 6.45. The van der Waals surface area contributed by atoms with Crippen molar-refractivity contribution in [1.82, 2.24) is 9.78 Å². The van der Waals surface area contributed by atoms with E-state index in [9.17, 15) is 5.11 Å². The highest BCUT2D eigenvalue weighted by molar-refractivity contribution is 6.30. The van der Waals surface area contributed by atoms with E-state index < -0.39 is 6.10 Å². The topological polar surface area (TPSA) is 38.0 Å². The average molecular weight is 279 g/mol. The van der Waals surface area contributed by atoms with Gasteiger partial charge in [0, 0.05) is 19.0 Å². The zero-order chi connectivity index (χ0) is 14.0. The molecule has 0 saturated carbocycles. The molecule has 0 aliphatic rings. The van der Waals surface area contributed by atoms with E-state index in [1.54, 1.807) is 11.7 Å². The van der Waals surface area contributed by atoms with Crippen LogP contribution in [0.5, 0.6) is 0 Å². The number of benzene rings is 1. The summed E-state index contributed by atoms with van der Waals surface area (Å²) in [6, 6.07) is 9.91. The number of aliphatic hydroxyl groups excluding tert-OH is 1. The average Bonchev–Trinajstić information content (AvgIpc) is 2.67. The van der Waals surface area contributed by atoms with Crippen LogP contribution in [-0.2, 0) is 13.5 Å². The van der Waals surface area contributed by atoms with E-state index in [1.165, 1.54) is 0 Å². The molecule has 1 aromatic heterocycles. The van der Waals surface area contributed by atoms with Crippen molar-refractivity contribution in [2.75, 3.05) is 0 Å². The number of rotatable bonds is 4. The molecule has 1 aromatic carbocycles. The number of aromatic nitrogens is 2. The summed E-state index contributed by atoms with van der Waals surface area (Å²) < 4.78 is 1.63. The highest BCUT2D eigenvalue weighted by Crippen LogP contribution is 2.32. The molecule has 0 radical (unpaired) electrons. The van der Waals surface area contributed by atoms with Crippen molar-refractivity contribution in [2.45, 2.75) is 32.3 Å². The Labute approximate surface area is 118 Å². The van der Waals surface area contributed by atoms with Crippen molar-refractivity contribution in [2.24, 2.45) is 7.05 Å². The van der Waals surface area contributed by atoms with Crippen LogP contribution in [0.15, 0.2) is 30.3 Å². The van der Waals surface area contributed by atoms with Gasteiger partial charge < -0.3 is 5.11 Å². The van der Waals surface area contributed by atoms with Crippen molar-refractivity contribution in [3.63, 3.8) is 0 Å². The summed E-state index contributed by atoms with van der Waals surface area (Å²) >= 11 is 6.26. The van der Waals surface area contributed by atoms with Crippen molar-refractivity contribution in [1.29, 1.82) is 0 Å². The minimum atomic E-state index is -0.624. The normalized spacial score (nSPS) is 12.9. The SMILES string of the molecule is CC(C)c1nn(C)c(Cl)c1C(O)Cc1ccccc1. The molecule has 2 rings (SSSR count). The van der Waals surface area contributed by atoms with E-state index in [0.29, 0.717) is 11.6 Å². The minimum Gasteiger partial charge on any atom is -0.388 e. The van der Waals surface area contributed by atoms with Crippen LogP contribution in [0.25, 0.3) is 0 Å². The van der Waals surface area contributed by atoms with Crippen LogP contribution >= 0.6 is 11.6 Å². The van der Waals surface area contributed by atoms with Gasteiger partial charge in [0.25, 0.3) is 0 Å². The van der Waals surface area contributed by atoms with Gasteiger partial charge in [0.05, 0.1) is 11.8 Å². The number of aliphatic hydroxyl groups is 1. The van der Waals surface area contributed by atoms with Gasteiger partial charge in [-0.1, -0.05) is 55.8 Å². The molecule has 4 heteroatoms. The summed E-state index contributed by atoms with van der Waals surface area (Å²) in [6.45, 7) is 4.11. The van der Waals surface area contributed by atoms with Gasteiger partial charge in [-0.05, 0) is 11.5 Å². The maximum atomic E-state index is 10.5. The molecule has 0 amide bonds. The third-order valence-corrected chi connectivity index (χ3v) is 3.64. The van der Waals surface area contributed by atoms with Crippen LogP contribution in [0.1, 0.15) is 42.7 Å². The molecule has 0 fully saturated rings. The third-order valence-electron chi connectivity index (χ3n) is 3.19. The predicted octanol–water partition coefficient (Wildman–Crippen LogP) is 3.47. The van der Waals surface area contributed by atoms with E-state index in [0.717, 1.165) is 16.8 Å². The van der Waals surface area contributed by atoms with E-state index in [-0.39, 0.29) is 5.92 Å². The van der Waals surface area contributed by atoms with Gasteiger partial charge >= 0.3 is 0 Å². The van der Waals surface area contributed by atoms with Gasteiger partial charge in [-0.3, -0.25) is 4.68 Å². The summed E-state index contributed by atoms with van der Waals surface area (Å²) in [6.07, 6.45) is -0.0765. The van der Waals surface area contributed by atoms with Gasteiger partial charge in [0.2, 0.25) is 0 Å². The Morgan fingerprint density at radius 3 is 2.47 bits per heavy atom. The molecule has 0 aliphatic heterocycles. The quantitative estimate of drug-likeness (QED) is 0.930. The minimum absolute atomic E-state index is 0.235. The van der Waals surface area contributed by atoms with Crippen molar-refractivity contribution in [3.05, 3.63) is 52.3 Å². The van der Waals surface area contributed by atoms with Crippen LogP contribution in [0.3, 0.4) is 0 Å². The Balaban J connectivity index is 2.31. The van der Waals surface area contributed by atoms with Gasteiger partial charge in [-0.25, -0.2) is 0 Å². The number of halogens is 1. The Kier molecular flexibility index (Phi) is 4.27. The largest absolute Gasteiger partial charge is 0.388 e. The first kappa shape index (κ1) is 14.1. The Hall–Kier alpha value is -1.32. The molecule has 0 spiro atoms. The summed E-state index contributed by atoms with van der Waals surface area (Å²) in [4.78, 5) is 0. The molecule has 2 aromatic rings. The highest BCUT2D eigenvalue weighted by Gasteiger charge is 2.23. The Morgan fingerprint density at radius 1 is 1.26 bits per heavy atom. The maximum absolute atomic E-state index is 10.5. The predicted molar refractivity (Wildman–Crippen MR) is 77.4 cm³/mol. The van der Waals surface area contributed by atoms with E-state index in [2.05, 4.69) is 18.9 Å². The van der Waals surface area contributed by atoms with Crippen LogP contribution in [0.4, 0.5) is 0 Å². The van der Waals surface area contributed by atoms with Crippen molar-refractivity contribution >= 4 is 11.6 Å². The molecule has 1 unspecified atom stereocenters. The molecular weight excluding hydrogens is 260 g/mol. The second-order valence-corrected chi connectivity index (χ2v) is 5.43. The molecule has 19 heavy (non-hydrogen) atoms. The molecule has 1 heterocycles. The standard InChI is InChI=1S/C15H19ClN2O/c1-10(2)14-13(15(16)18(3)17-14)12(19)9-11-7-5-4-6-8-11/h4-8,10,12,19H,9H2,1-3H3. The smallest absolute Gasteiger partial charge is 0.132 e. The van der Waals surface area contributed by atoms with E-state index in [1.807, 2.05) is 30.3 Å². The second-order valence-electron chi connectivity index (χ2n) is 5.07. The lowest BCUT2D eigenvalue weighted by Crippen LogP contribution is -2.05. The number of hydrogen-bond acceptors (Lipinski definition) is 2. The first-order valence-corrected chi connectivity index (χ1v) is 6.82. The number of nitrogens with zero attached hydrogens (tertiary/aromatic N) is 2. The van der Waals surface area contributed by atoms with E-state index in [4.69, 9.17) is 11.6 Å². The maximum Gasteiger partial charge on any atom is 0.132 e. The molecular formula is C15H19ClN2O. The van der Waals surface area contributed by atoms with Crippen LogP contribution in [0.2, 0.25) is 5.15 Å². The molecule has 0 aliphatic carbocycles. The van der Waals surface area contributed by atoms with Gasteiger partial charge in [0.1, 0.15) is 5.15 Å². The van der Waals surface area contributed by atoms with Crippen molar-refractivity contribution < 1.29 is 5.11 Å². The molecule has 1 atom stereocenters. The fraction of sp³-hybridized carbons (Fsp3) is 0.400. The summed E-state index contributed by atoms with van der Waals surface area (Å²) in [7, 11) is 1.80. The monoisotopic (exact) mass is 278 g/mol. The highest BCUT2D eigenvalue weighted by atomic mass is 35.5. The van der Waals surface area contributed by atoms with E-state index >= 15 is 0 Å². The lowest BCUT2D eigenvalue weighted by Gasteiger charge is -2.13. The summed E-state index contributed by atoms with van der Waals surface area (Å²) in [5, 5.41) is 15.4. The zero-order valence-corrected chi connectivity index (χ0v) is 12.2. The Bertz CT molecular complexity index is 549. The van der Waals surface area contributed by atoms with Crippen LogP contribution in [-0.4, -0.2) is 14.9 Å². The number of hydrogen-bond donors (Lipinski definition) is 1. The molecule has 3 nitrogen and oxygen atoms in total. The summed E-state index contributed by atoms with van der Waals surface area (Å²) in [5.41, 5.74) is 2.71. The van der Waals surface area contributed by atoms with Crippen molar-refractivity contribution in [3.8, 4) is 0 Å². The molecule has 0 saturated heterocycles. The lowest BCUT2D eigenvalue weighted by atomic mass is 9.98. The third kappa shape index (κ3) is 2.99. The fourth-order valence-corrected chi connectivity index (χ4v) is 2.47. The number of aryl methyl sites for hydroxylation is 1. The lowest BCUT2D eigenvalue weighted by molar-refractivity contribution is 0.177. The van der Waals surface area contributed by atoms with Crippen LogP contribution < -0.4 is 0 Å². The molecule has 0 bridgehead atoms. The van der Waals surface area contributed by atoms with Crippen LogP contribution in [0, 0.1) is 0 Å². The van der Waals surface area contributed by atoms with Gasteiger partial charge in [-0.15, -0.1) is 0 Å². The first-order chi connectivity index (χ1) is 9.00. The summed E-state index contributed by atoms with van der Waals surface area (Å²) in [5.74, 6) is 0.235. The second kappa shape index (κ2) is 5.76. The molecule has 1 N–H and O–H groups in total.